The monoisotopic (exact) mass is 385 g/mol. The second kappa shape index (κ2) is 9.32. The Labute approximate surface area is 163 Å². The number of likely N-dealkylation sites (tertiary alicyclic amines) is 1. The van der Waals surface area contributed by atoms with E-state index in [2.05, 4.69) is 10.9 Å². The van der Waals surface area contributed by atoms with Crippen molar-refractivity contribution < 1.29 is 18.7 Å². The number of anilines is 1. The maximum Gasteiger partial charge on any atom is 0.328 e. The topological polar surface area (TPSA) is 70.7 Å². The van der Waals surface area contributed by atoms with E-state index in [0.29, 0.717) is 13.0 Å². The van der Waals surface area contributed by atoms with Crippen molar-refractivity contribution in [2.24, 2.45) is 0 Å². The van der Waals surface area contributed by atoms with Crippen LogP contribution in [0.15, 0.2) is 48.5 Å². The molecule has 0 aromatic heterocycles. The van der Waals surface area contributed by atoms with Crippen LogP contribution in [0.4, 0.5) is 10.1 Å². The lowest BCUT2D eigenvalue weighted by molar-refractivity contribution is -0.150. The molecule has 0 aliphatic carbocycles. The molecule has 3 rings (SSSR count). The van der Waals surface area contributed by atoms with Gasteiger partial charge in [0.25, 0.3) is 0 Å². The van der Waals surface area contributed by atoms with E-state index in [0.717, 1.165) is 29.7 Å². The third-order valence-corrected chi connectivity index (χ3v) is 4.79. The first-order valence-corrected chi connectivity index (χ1v) is 9.26. The lowest BCUT2D eigenvalue weighted by atomic mass is 10.0. The fourth-order valence-electron chi connectivity index (χ4n) is 3.31. The SMILES string of the molecule is COC(=O)[C@@H]1CCCN1C(=O)CNNc1ccc(Cc2ccc(F)cc2)cc1. The van der Waals surface area contributed by atoms with Gasteiger partial charge in [-0.15, -0.1) is 0 Å². The first-order chi connectivity index (χ1) is 13.6. The quantitative estimate of drug-likeness (QED) is 0.566. The second-order valence-corrected chi connectivity index (χ2v) is 6.75. The Balaban J connectivity index is 1.46. The molecule has 1 fully saturated rings. The largest absolute Gasteiger partial charge is 0.467 e. The minimum atomic E-state index is -0.481. The van der Waals surface area contributed by atoms with Gasteiger partial charge in [-0.05, 0) is 54.7 Å². The Hall–Kier alpha value is -2.93. The average molecular weight is 385 g/mol. The number of benzene rings is 2. The van der Waals surface area contributed by atoms with Gasteiger partial charge in [0.1, 0.15) is 11.9 Å². The molecule has 1 saturated heterocycles. The molecule has 0 bridgehead atoms. The van der Waals surface area contributed by atoms with Crippen LogP contribution in [0, 0.1) is 5.82 Å². The number of ether oxygens (including phenoxy) is 1. The highest BCUT2D eigenvalue weighted by atomic mass is 19.1. The van der Waals surface area contributed by atoms with E-state index in [9.17, 15) is 14.0 Å². The van der Waals surface area contributed by atoms with Crippen molar-refractivity contribution in [1.82, 2.24) is 10.3 Å². The number of nitrogens with zero attached hydrogens (tertiary/aromatic N) is 1. The summed E-state index contributed by atoms with van der Waals surface area (Å²) < 4.78 is 17.7. The van der Waals surface area contributed by atoms with Crippen molar-refractivity contribution in [2.45, 2.75) is 25.3 Å². The van der Waals surface area contributed by atoms with Gasteiger partial charge < -0.3 is 15.1 Å². The predicted molar refractivity (Wildman–Crippen MR) is 104 cm³/mol. The third kappa shape index (κ3) is 5.07. The number of halogens is 1. The van der Waals surface area contributed by atoms with E-state index < -0.39 is 6.04 Å². The molecule has 7 heteroatoms. The van der Waals surface area contributed by atoms with Gasteiger partial charge in [-0.25, -0.2) is 14.6 Å². The number of hydrogen-bond donors (Lipinski definition) is 2. The highest BCUT2D eigenvalue weighted by Gasteiger charge is 2.34. The molecule has 0 unspecified atom stereocenters. The fourth-order valence-corrected chi connectivity index (χ4v) is 3.31. The molecule has 148 valence electrons. The molecule has 0 radical (unpaired) electrons. The van der Waals surface area contributed by atoms with Gasteiger partial charge in [0.15, 0.2) is 0 Å². The van der Waals surface area contributed by atoms with Crippen LogP contribution < -0.4 is 10.9 Å². The molecule has 0 saturated carbocycles. The van der Waals surface area contributed by atoms with Crippen LogP contribution in [-0.4, -0.2) is 43.0 Å². The standard InChI is InChI=1S/C21H24FN3O3/c1-28-21(27)19-3-2-12-25(19)20(26)14-23-24-18-10-6-16(7-11-18)13-15-4-8-17(22)9-5-15/h4-11,19,23-24H,2-3,12-14H2,1H3/t19-/m0/s1. The van der Waals surface area contributed by atoms with Crippen LogP contribution in [0.5, 0.6) is 0 Å². The Bertz CT molecular complexity index is 809. The summed E-state index contributed by atoms with van der Waals surface area (Å²) in [5.74, 6) is -0.750. The van der Waals surface area contributed by atoms with E-state index in [-0.39, 0.29) is 24.2 Å². The molecular weight excluding hydrogens is 361 g/mol. The Kier molecular flexibility index (Phi) is 6.60. The lowest BCUT2D eigenvalue weighted by Gasteiger charge is -2.23. The number of hydrogen-bond acceptors (Lipinski definition) is 5. The number of methoxy groups -OCH3 is 1. The van der Waals surface area contributed by atoms with Gasteiger partial charge in [0, 0.05) is 12.2 Å². The molecular formula is C21H24FN3O3. The van der Waals surface area contributed by atoms with Crippen LogP contribution in [0.3, 0.4) is 0 Å². The maximum absolute atomic E-state index is 13.0. The van der Waals surface area contributed by atoms with Crippen molar-refractivity contribution in [3.8, 4) is 0 Å². The van der Waals surface area contributed by atoms with Crippen molar-refractivity contribution in [1.29, 1.82) is 0 Å². The van der Waals surface area contributed by atoms with Crippen molar-refractivity contribution in [2.75, 3.05) is 25.6 Å². The van der Waals surface area contributed by atoms with Gasteiger partial charge in [-0.2, -0.15) is 0 Å². The summed E-state index contributed by atoms with van der Waals surface area (Å²) in [5, 5.41) is 0. The zero-order chi connectivity index (χ0) is 19.9. The zero-order valence-corrected chi connectivity index (χ0v) is 15.8. The Morgan fingerprint density at radius 3 is 2.39 bits per heavy atom. The summed E-state index contributed by atoms with van der Waals surface area (Å²) in [7, 11) is 1.34. The molecule has 1 aliphatic rings. The summed E-state index contributed by atoms with van der Waals surface area (Å²) in [6, 6.07) is 13.7. The number of amides is 1. The minimum absolute atomic E-state index is 0.0742. The average Bonchev–Trinajstić information content (AvgIpc) is 3.20. The molecule has 2 aromatic rings. The molecule has 2 N–H and O–H groups in total. The van der Waals surface area contributed by atoms with Gasteiger partial charge in [-0.1, -0.05) is 24.3 Å². The minimum Gasteiger partial charge on any atom is -0.467 e. The number of carbonyl (C=O) groups excluding carboxylic acids is 2. The summed E-state index contributed by atoms with van der Waals surface area (Å²) in [5.41, 5.74) is 8.85. The van der Waals surface area contributed by atoms with E-state index in [1.54, 1.807) is 17.0 Å². The third-order valence-electron chi connectivity index (χ3n) is 4.79. The van der Waals surface area contributed by atoms with Crippen molar-refractivity contribution >= 4 is 17.6 Å². The molecule has 28 heavy (non-hydrogen) atoms. The number of nitrogens with one attached hydrogen (secondary N) is 2. The van der Waals surface area contributed by atoms with Gasteiger partial charge in [0.2, 0.25) is 5.91 Å². The fraction of sp³-hybridized carbons (Fsp3) is 0.333. The molecule has 0 spiro atoms. The second-order valence-electron chi connectivity index (χ2n) is 6.75. The van der Waals surface area contributed by atoms with Crippen LogP contribution >= 0.6 is 0 Å². The molecule has 6 nitrogen and oxygen atoms in total. The van der Waals surface area contributed by atoms with Crippen molar-refractivity contribution in [3.05, 3.63) is 65.5 Å². The van der Waals surface area contributed by atoms with E-state index in [4.69, 9.17) is 4.74 Å². The number of carbonyl (C=O) groups is 2. The highest BCUT2D eigenvalue weighted by Crippen LogP contribution is 2.18. The highest BCUT2D eigenvalue weighted by molar-refractivity contribution is 5.86. The Morgan fingerprint density at radius 1 is 1.11 bits per heavy atom. The first-order valence-electron chi connectivity index (χ1n) is 9.26. The summed E-state index contributed by atoms with van der Waals surface area (Å²) in [6.07, 6.45) is 2.16. The van der Waals surface area contributed by atoms with Gasteiger partial charge in [-0.3, -0.25) is 4.79 Å². The molecule has 1 heterocycles. The van der Waals surface area contributed by atoms with Gasteiger partial charge >= 0.3 is 5.97 Å². The van der Waals surface area contributed by atoms with Crippen LogP contribution in [0.1, 0.15) is 24.0 Å². The van der Waals surface area contributed by atoms with Crippen molar-refractivity contribution in [3.63, 3.8) is 0 Å². The van der Waals surface area contributed by atoms with Crippen LogP contribution in [-0.2, 0) is 20.7 Å². The Morgan fingerprint density at radius 2 is 1.75 bits per heavy atom. The maximum atomic E-state index is 13.0. The molecule has 1 amide bonds. The molecule has 1 atom stereocenters. The number of rotatable bonds is 7. The molecule has 1 aliphatic heterocycles. The summed E-state index contributed by atoms with van der Waals surface area (Å²) in [4.78, 5) is 25.6. The van der Waals surface area contributed by atoms with E-state index in [1.807, 2.05) is 24.3 Å². The summed E-state index contributed by atoms with van der Waals surface area (Å²) >= 11 is 0. The zero-order valence-electron chi connectivity index (χ0n) is 15.8. The summed E-state index contributed by atoms with van der Waals surface area (Å²) in [6.45, 7) is 0.642. The van der Waals surface area contributed by atoms with Crippen LogP contribution in [0.25, 0.3) is 0 Å². The van der Waals surface area contributed by atoms with Gasteiger partial charge in [0.05, 0.1) is 13.7 Å². The first kappa shape index (κ1) is 19.8. The molecule has 2 aromatic carbocycles. The predicted octanol–water partition coefficient (Wildman–Crippen LogP) is 2.50. The van der Waals surface area contributed by atoms with E-state index >= 15 is 0 Å². The number of esters is 1. The van der Waals surface area contributed by atoms with E-state index in [1.165, 1.54) is 19.2 Å². The number of hydrazine groups is 1. The smallest absolute Gasteiger partial charge is 0.328 e. The lowest BCUT2D eigenvalue weighted by Crippen LogP contribution is -2.45. The normalized spacial score (nSPS) is 16.1. The van der Waals surface area contributed by atoms with Crippen LogP contribution in [0.2, 0.25) is 0 Å².